The van der Waals surface area contributed by atoms with Crippen molar-refractivity contribution in [1.29, 1.82) is 0 Å². The number of fused-ring (bicyclic) bond motifs is 2. The lowest BCUT2D eigenvalue weighted by molar-refractivity contribution is 0.0908. The fourth-order valence-corrected chi connectivity index (χ4v) is 4.46. The number of aryl methyl sites for hydroxylation is 1. The fraction of sp³-hybridized carbons (Fsp3) is 0.714. The molecule has 1 aromatic heterocycles. The van der Waals surface area contributed by atoms with Gasteiger partial charge >= 0.3 is 0 Å². The smallest absolute Gasteiger partial charge is 0.273 e. The lowest BCUT2D eigenvalue weighted by atomic mass is 9.84. The van der Waals surface area contributed by atoms with Gasteiger partial charge in [0.15, 0.2) is 5.69 Å². The summed E-state index contributed by atoms with van der Waals surface area (Å²) in [5, 5.41) is 7.33. The molecule has 0 radical (unpaired) electrons. The minimum Gasteiger partial charge on any atom is -0.348 e. The Morgan fingerprint density at radius 3 is 2.84 bits per heavy atom. The van der Waals surface area contributed by atoms with E-state index in [4.69, 9.17) is 0 Å². The normalized spacial score (nSPS) is 30.6. The van der Waals surface area contributed by atoms with Crippen molar-refractivity contribution in [2.75, 3.05) is 0 Å². The van der Waals surface area contributed by atoms with Gasteiger partial charge in [0.1, 0.15) is 0 Å². The maximum Gasteiger partial charge on any atom is 0.273 e. The third-order valence-electron chi connectivity index (χ3n) is 4.79. The van der Waals surface area contributed by atoms with E-state index >= 15 is 0 Å². The Morgan fingerprint density at radius 2 is 2.32 bits per heavy atom. The molecule has 4 atom stereocenters. The van der Waals surface area contributed by atoms with E-state index < -0.39 is 0 Å². The van der Waals surface area contributed by atoms with Gasteiger partial charge in [-0.2, -0.15) is 5.10 Å². The lowest BCUT2D eigenvalue weighted by Crippen LogP contribution is -2.40. The number of amides is 1. The van der Waals surface area contributed by atoms with Crippen LogP contribution < -0.4 is 5.32 Å². The number of aromatic nitrogens is 2. The standard InChI is InChI=1S/C14H20BrN3O/c1-8(11-6-9-3-4-10(11)5-9)16-14(19)13-12(15)7-18(2)17-13/h7-11H,3-6H2,1-2H3,(H,16,19)/t8-,9-,10-,11-/m1/s1. The highest BCUT2D eigenvalue weighted by Crippen LogP contribution is 2.49. The van der Waals surface area contributed by atoms with Crippen LogP contribution >= 0.6 is 15.9 Å². The Bertz CT molecular complexity index is 499. The first-order chi connectivity index (χ1) is 9.04. The molecule has 5 heteroatoms. The number of hydrogen-bond donors (Lipinski definition) is 1. The number of halogens is 1. The predicted molar refractivity (Wildman–Crippen MR) is 76.8 cm³/mol. The molecule has 1 N–H and O–H groups in total. The van der Waals surface area contributed by atoms with Gasteiger partial charge in [0, 0.05) is 19.3 Å². The Hall–Kier alpha value is -0.840. The predicted octanol–water partition coefficient (Wildman–Crippen LogP) is 2.74. The van der Waals surface area contributed by atoms with Gasteiger partial charge in [-0.15, -0.1) is 0 Å². The van der Waals surface area contributed by atoms with Gasteiger partial charge in [0.25, 0.3) is 5.91 Å². The highest BCUT2D eigenvalue weighted by Gasteiger charge is 2.42. The number of nitrogens with one attached hydrogen (secondary N) is 1. The van der Waals surface area contributed by atoms with Crippen LogP contribution in [0.2, 0.25) is 0 Å². The fourth-order valence-electron chi connectivity index (χ4n) is 3.90. The molecule has 1 heterocycles. The Morgan fingerprint density at radius 1 is 1.53 bits per heavy atom. The number of nitrogens with zero attached hydrogens (tertiary/aromatic N) is 2. The van der Waals surface area contributed by atoms with E-state index in [1.807, 2.05) is 7.05 Å². The maximum absolute atomic E-state index is 12.2. The molecule has 1 amide bonds. The average molecular weight is 326 g/mol. The van der Waals surface area contributed by atoms with Crippen LogP contribution in [0, 0.1) is 17.8 Å². The molecule has 104 valence electrons. The van der Waals surface area contributed by atoms with E-state index in [0.717, 1.165) is 16.3 Å². The van der Waals surface area contributed by atoms with Crippen molar-refractivity contribution in [3.8, 4) is 0 Å². The van der Waals surface area contributed by atoms with Crippen molar-refractivity contribution < 1.29 is 4.79 Å². The molecule has 0 spiro atoms. The topological polar surface area (TPSA) is 46.9 Å². The van der Waals surface area contributed by atoms with Crippen molar-refractivity contribution in [3.05, 3.63) is 16.4 Å². The summed E-state index contributed by atoms with van der Waals surface area (Å²) in [4.78, 5) is 12.2. The number of carbonyl (C=O) groups is 1. The maximum atomic E-state index is 12.2. The summed E-state index contributed by atoms with van der Waals surface area (Å²) >= 11 is 3.38. The summed E-state index contributed by atoms with van der Waals surface area (Å²) in [6.07, 6.45) is 7.21. The molecular weight excluding hydrogens is 306 g/mol. The van der Waals surface area contributed by atoms with Crippen molar-refractivity contribution in [3.63, 3.8) is 0 Å². The molecule has 1 aromatic rings. The van der Waals surface area contributed by atoms with Gasteiger partial charge in [-0.05, 0) is 59.9 Å². The third-order valence-corrected chi connectivity index (χ3v) is 5.37. The molecular formula is C14H20BrN3O. The Labute approximate surface area is 122 Å². The molecule has 2 aliphatic carbocycles. The van der Waals surface area contributed by atoms with Crippen molar-refractivity contribution >= 4 is 21.8 Å². The minimum absolute atomic E-state index is 0.0669. The molecule has 3 rings (SSSR count). The number of hydrogen-bond acceptors (Lipinski definition) is 2. The molecule has 19 heavy (non-hydrogen) atoms. The summed E-state index contributed by atoms with van der Waals surface area (Å²) in [6, 6.07) is 0.247. The summed E-state index contributed by atoms with van der Waals surface area (Å²) in [6.45, 7) is 2.14. The monoisotopic (exact) mass is 325 g/mol. The summed E-state index contributed by atoms with van der Waals surface area (Å²) in [5.41, 5.74) is 0.484. The van der Waals surface area contributed by atoms with Gasteiger partial charge in [0.05, 0.1) is 4.47 Å². The van der Waals surface area contributed by atoms with Gasteiger partial charge in [-0.25, -0.2) is 0 Å². The second-order valence-electron chi connectivity index (χ2n) is 6.10. The zero-order valence-corrected chi connectivity index (χ0v) is 13.0. The number of rotatable bonds is 3. The number of carbonyl (C=O) groups excluding carboxylic acids is 1. The van der Waals surface area contributed by atoms with Crippen LogP contribution in [0.15, 0.2) is 10.7 Å². The van der Waals surface area contributed by atoms with Gasteiger partial charge in [-0.3, -0.25) is 9.48 Å². The van der Waals surface area contributed by atoms with Crippen LogP contribution in [0.5, 0.6) is 0 Å². The first-order valence-electron chi connectivity index (χ1n) is 7.04. The van der Waals surface area contributed by atoms with E-state index in [-0.39, 0.29) is 11.9 Å². The first kappa shape index (κ1) is 13.2. The molecule has 2 aliphatic rings. The quantitative estimate of drug-likeness (QED) is 0.928. The van der Waals surface area contributed by atoms with Crippen LogP contribution in [0.4, 0.5) is 0 Å². The van der Waals surface area contributed by atoms with Crippen molar-refractivity contribution in [2.45, 2.75) is 38.6 Å². The molecule has 2 saturated carbocycles. The summed E-state index contributed by atoms with van der Waals surface area (Å²) < 4.78 is 2.41. The highest BCUT2D eigenvalue weighted by molar-refractivity contribution is 9.10. The van der Waals surface area contributed by atoms with Crippen LogP contribution in [0.3, 0.4) is 0 Å². The first-order valence-corrected chi connectivity index (χ1v) is 7.84. The van der Waals surface area contributed by atoms with Crippen molar-refractivity contribution in [2.24, 2.45) is 24.8 Å². The zero-order valence-electron chi connectivity index (χ0n) is 11.4. The zero-order chi connectivity index (χ0) is 13.6. The summed E-state index contributed by atoms with van der Waals surface area (Å²) in [5.74, 6) is 2.33. The SMILES string of the molecule is C[C@@H](NC(=O)c1nn(C)cc1Br)[C@H]1C[C@@H]2CC[C@@H]1C2. The van der Waals surface area contributed by atoms with Crippen LogP contribution in [-0.2, 0) is 7.05 Å². The largest absolute Gasteiger partial charge is 0.348 e. The average Bonchev–Trinajstić information content (AvgIpc) is 3.03. The van der Waals surface area contributed by atoms with E-state index in [1.54, 1.807) is 10.9 Å². The molecule has 4 nitrogen and oxygen atoms in total. The molecule has 2 bridgehead atoms. The van der Waals surface area contributed by atoms with Gasteiger partial charge < -0.3 is 5.32 Å². The second kappa shape index (κ2) is 4.93. The van der Waals surface area contributed by atoms with Gasteiger partial charge in [0.2, 0.25) is 0 Å². The molecule has 2 fully saturated rings. The van der Waals surface area contributed by atoms with Crippen molar-refractivity contribution in [1.82, 2.24) is 15.1 Å². The molecule has 0 saturated heterocycles. The van der Waals surface area contributed by atoms with E-state index in [2.05, 4.69) is 33.3 Å². The van der Waals surface area contributed by atoms with Gasteiger partial charge in [-0.1, -0.05) is 6.42 Å². The van der Waals surface area contributed by atoms with E-state index in [1.165, 1.54) is 25.7 Å². The van der Waals surface area contributed by atoms with Crippen LogP contribution in [0.1, 0.15) is 43.1 Å². The van der Waals surface area contributed by atoms with E-state index in [9.17, 15) is 4.79 Å². The Balaban J connectivity index is 1.65. The minimum atomic E-state index is -0.0669. The van der Waals surface area contributed by atoms with Crippen LogP contribution in [-0.4, -0.2) is 21.7 Å². The van der Waals surface area contributed by atoms with Crippen LogP contribution in [0.25, 0.3) is 0 Å². The molecule has 0 unspecified atom stereocenters. The molecule has 0 aromatic carbocycles. The molecule has 0 aliphatic heterocycles. The highest BCUT2D eigenvalue weighted by atomic mass is 79.9. The summed E-state index contributed by atoms with van der Waals surface area (Å²) in [7, 11) is 1.82. The lowest BCUT2D eigenvalue weighted by Gasteiger charge is -2.28. The second-order valence-corrected chi connectivity index (χ2v) is 6.95. The third kappa shape index (κ3) is 2.45. The van der Waals surface area contributed by atoms with E-state index in [0.29, 0.717) is 11.6 Å². The Kier molecular flexibility index (Phi) is 3.41.